The van der Waals surface area contributed by atoms with E-state index in [1.54, 1.807) is 0 Å². The number of aryl methyl sites for hydroxylation is 5. The molecule has 0 N–H and O–H groups in total. The van der Waals surface area contributed by atoms with Gasteiger partial charge in [0.2, 0.25) is 0 Å². The van der Waals surface area contributed by atoms with Gasteiger partial charge >= 0.3 is 17.1 Å². The van der Waals surface area contributed by atoms with Gasteiger partial charge in [-0.3, -0.25) is 0 Å². The maximum Gasteiger partial charge on any atom is 2.00 e. The molecular formula is C37H38CuN4. The molecule has 5 heterocycles. The topological polar surface area (TPSA) is 54.0 Å². The molecule has 0 saturated heterocycles. The third-order valence-electron chi connectivity index (χ3n) is 9.18. The van der Waals surface area contributed by atoms with E-state index in [9.17, 15) is 0 Å². The van der Waals surface area contributed by atoms with Crippen LogP contribution in [0.3, 0.4) is 0 Å². The van der Waals surface area contributed by atoms with Crippen molar-refractivity contribution in [2.45, 2.75) is 75.2 Å². The van der Waals surface area contributed by atoms with Crippen molar-refractivity contribution in [3.8, 4) is 11.1 Å². The normalized spacial score (nSPS) is 13.2. The number of allylic oxidation sites excluding steroid dienone is 4. The molecule has 0 amide bonds. The Kier molecular flexibility index (Phi) is 7.95. The van der Waals surface area contributed by atoms with Crippen molar-refractivity contribution in [3.05, 3.63) is 93.1 Å². The van der Waals surface area contributed by atoms with E-state index in [1.165, 1.54) is 50.1 Å². The summed E-state index contributed by atoms with van der Waals surface area (Å²) >= 11 is 0. The molecule has 1 aromatic carbocycles. The van der Waals surface area contributed by atoms with Crippen LogP contribution in [0.1, 0.15) is 91.6 Å². The smallest absolute Gasteiger partial charge is 0.657 e. The molecule has 8 bridgehead atoms. The molecule has 42 heavy (non-hydrogen) atoms. The first-order valence-electron chi connectivity index (χ1n) is 14.7. The molecule has 0 saturated carbocycles. The fourth-order valence-electron chi connectivity index (χ4n) is 6.25. The first-order chi connectivity index (χ1) is 19.6. The fraction of sp³-hybridized carbons (Fsp3) is 0.297. The Morgan fingerprint density at radius 2 is 1.21 bits per heavy atom. The van der Waals surface area contributed by atoms with Crippen LogP contribution in [-0.2, 0) is 23.5 Å². The third-order valence-corrected chi connectivity index (χ3v) is 9.18. The van der Waals surface area contributed by atoms with Crippen LogP contribution in [0.2, 0.25) is 0 Å². The van der Waals surface area contributed by atoms with Crippen LogP contribution in [0.5, 0.6) is 0 Å². The van der Waals surface area contributed by atoms with E-state index in [0.29, 0.717) is 0 Å². The van der Waals surface area contributed by atoms with Crippen LogP contribution < -0.4 is 9.97 Å². The van der Waals surface area contributed by atoms with E-state index >= 15 is 0 Å². The maximum absolute atomic E-state index is 5.30. The van der Waals surface area contributed by atoms with E-state index in [2.05, 4.69) is 105 Å². The number of hydrogen-bond donors (Lipinski definition) is 0. The average Bonchev–Trinajstić information content (AvgIpc) is 3.60. The summed E-state index contributed by atoms with van der Waals surface area (Å²) in [6.45, 7) is 19.6. The molecule has 1 radical (unpaired) electrons. The van der Waals surface area contributed by atoms with Crippen molar-refractivity contribution in [1.82, 2.24) is 19.9 Å². The van der Waals surface area contributed by atoms with E-state index in [0.717, 1.165) is 68.8 Å². The minimum Gasteiger partial charge on any atom is -0.657 e. The number of fused-ring (bicyclic) bond motifs is 8. The SMILES string of the molecule is CCC1=C(C)c2cc3[n-]c(c(C)c3C)c(-c3ccc(C)cc3)c3nc(cc4[n-]c(cc1n2)c(CC)c4C)C(C)=C3C.[Cu+2]. The van der Waals surface area contributed by atoms with E-state index in [4.69, 9.17) is 19.9 Å². The van der Waals surface area contributed by atoms with Crippen LogP contribution in [0.15, 0.2) is 42.5 Å². The van der Waals surface area contributed by atoms with Gasteiger partial charge in [-0.25, -0.2) is 9.97 Å². The van der Waals surface area contributed by atoms with Crippen LogP contribution in [0.4, 0.5) is 0 Å². The second-order valence-corrected chi connectivity index (χ2v) is 11.5. The Labute approximate surface area is 259 Å². The van der Waals surface area contributed by atoms with Gasteiger partial charge in [-0.15, -0.1) is 22.1 Å². The Balaban J connectivity index is 0.00000353. The number of hydrogen-bond acceptors (Lipinski definition) is 2. The maximum atomic E-state index is 5.30. The van der Waals surface area contributed by atoms with Crippen molar-refractivity contribution in [2.24, 2.45) is 0 Å². The summed E-state index contributed by atoms with van der Waals surface area (Å²) in [5.74, 6) is 0. The van der Waals surface area contributed by atoms with Gasteiger partial charge in [-0.1, -0.05) is 84.1 Å². The molecule has 0 fully saturated rings. The molecule has 4 nitrogen and oxygen atoms in total. The van der Waals surface area contributed by atoms with Crippen molar-refractivity contribution < 1.29 is 17.1 Å². The molecule has 0 unspecified atom stereocenters. The molecule has 3 aromatic heterocycles. The fourth-order valence-corrected chi connectivity index (χ4v) is 6.25. The average molecular weight is 602 g/mol. The zero-order chi connectivity index (χ0) is 29.2. The van der Waals surface area contributed by atoms with Gasteiger partial charge in [0, 0.05) is 0 Å². The van der Waals surface area contributed by atoms with Crippen LogP contribution in [0.25, 0.3) is 55.5 Å². The largest absolute Gasteiger partial charge is 2.00 e. The molecule has 0 aliphatic carbocycles. The molecule has 0 spiro atoms. The molecule has 6 rings (SSSR count). The van der Waals surface area contributed by atoms with Crippen molar-refractivity contribution >= 4 is 44.4 Å². The van der Waals surface area contributed by atoms with Crippen molar-refractivity contribution in [3.63, 3.8) is 0 Å². The Bertz CT molecular complexity index is 1960. The minimum atomic E-state index is 0. The first kappa shape index (κ1) is 29.8. The molecule has 0 atom stereocenters. The Morgan fingerprint density at radius 1 is 0.595 bits per heavy atom. The van der Waals surface area contributed by atoms with Gasteiger partial charge in [0.05, 0.1) is 22.8 Å². The summed E-state index contributed by atoms with van der Waals surface area (Å²) in [7, 11) is 0. The van der Waals surface area contributed by atoms with Gasteiger partial charge in [-0.05, 0) is 94.7 Å². The number of rotatable bonds is 3. The zero-order valence-electron chi connectivity index (χ0n) is 26.0. The predicted molar refractivity (Wildman–Crippen MR) is 174 cm³/mol. The zero-order valence-corrected chi connectivity index (χ0v) is 27.0. The summed E-state index contributed by atoms with van der Waals surface area (Å²) in [6.07, 6.45) is 1.83. The second-order valence-electron chi connectivity index (χ2n) is 11.5. The third kappa shape index (κ3) is 4.69. The van der Waals surface area contributed by atoms with Crippen molar-refractivity contribution in [2.75, 3.05) is 0 Å². The minimum absolute atomic E-state index is 0. The van der Waals surface area contributed by atoms with Gasteiger partial charge in [0.15, 0.2) is 0 Å². The Hall–Kier alpha value is -3.66. The van der Waals surface area contributed by atoms with Crippen LogP contribution in [0, 0.1) is 27.7 Å². The summed E-state index contributed by atoms with van der Waals surface area (Å²) in [5.41, 5.74) is 21.0. The molecule has 2 aliphatic heterocycles. The van der Waals surface area contributed by atoms with Crippen LogP contribution >= 0.6 is 0 Å². The monoisotopic (exact) mass is 601 g/mol. The molecule has 4 aromatic rings. The second kappa shape index (κ2) is 11.2. The summed E-state index contributed by atoms with van der Waals surface area (Å²) in [5, 5.41) is 0. The molecule has 217 valence electrons. The number of benzene rings is 1. The molecule has 2 aliphatic rings. The quantitative estimate of drug-likeness (QED) is 0.220. The van der Waals surface area contributed by atoms with Gasteiger partial charge in [0.25, 0.3) is 0 Å². The molecule has 5 heteroatoms. The van der Waals surface area contributed by atoms with Crippen LogP contribution in [-0.4, -0.2) is 9.97 Å². The first-order valence-corrected chi connectivity index (χ1v) is 14.7. The standard InChI is InChI=1S/C37H38N4.Cu/c1-10-27-24(8)31-16-29-20(4)22(6)36(40-29)35(26-14-12-19(3)13-15-26)37-23(7)21(5)30(41-37)17-32-25(9)28(11-2)34(39-32)18-33(27)38-31;/h12-18H,10-11H2,1-9H3;/q-2;+2. The van der Waals surface area contributed by atoms with E-state index < -0.39 is 0 Å². The predicted octanol–water partition coefficient (Wildman–Crippen LogP) is 9.32. The van der Waals surface area contributed by atoms with Gasteiger partial charge in [-0.2, -0.15) is 0 Å². The summed E-state index contributed by atoms with van der Waals surface area (Å²) < 4.78 is 0. The van der Waals surface area contributed by atoms with Gasteiger partial charge < -0.3 is 9.97 Å². The summed E-state index contributed by atoms with van der Waals surface area (Å²) in [6, 6.07) is 15.3. The Morgan fingerprint density at radius 3 is 1.86 bits per heavy atom. The van der Waals surface area contributed by atoms with E-state index in [1.807, 2.05) is 0 Å². The summed E-state index contributed by atoms with van der Waals surface area (Å²) in [4.78, 5) is 20.9. The van der Waals surface area contributed by atoms with Gasteiger partial charge in [0.1, 0.15) is 0 Å². The van der Waals surface area contributed by atoms with E-state index in [-0.39, 0.29) is 17.1 Å². The van der Waals surface area contributed by atoms with Crippen molar-refractivity contribution in [1.29, 1.82) is 0 Å². The number of nitrogens with zero attached hydrogens (tertiary/aromatic N) is 4. The number of aromatic nitrogens is 4. The molecular weight excluding hydrogens is 564 g/mol.